The molecule has 0 radical (unpaired) electrons. The Morgan fingerprint density at radius 1 is 1.16 bits per heavy atom. The Hall–Kier alpha value is -3.42. The monoisotopic (exact) mass is 334 g/mol. The van der Waals surface area contributed by atoms with Gasteiger partial charge in [-0.05, 0) is 12.1 Å². The fourth-order valence-corrected chi connectivity index (χ4v) is 2.62. The molecule has 4 rings (SSSR count). The zero-order valence-electron chi connectivity index (χ0n) is 13.5. The van der Waals surface area contributed by atoms with Crippen molar-refractivity contribution >= 4 is 10.9 Å². The summed E-state index contributed by atoms with van der Waals surface area (Å²) in [6, 6.07) is 7.29. The van der Waals surface area contributed by atoms with Crippen molar-refractivity contribution in [3.8, 4) is 11.6 Å². The van der Waals surface area contributed by atoms with Crippen LogP contribution in [0.4, 0.5) is 0 Å². The van der Waals surface area contributed by atoms with E-state index in [2.05, 4.69) is 25.1 Å². The highest BCUT2D eigenvalue weighted by atomic mass is 16.5. The summed E-state index contributed by atoms with van der Waals surface area (Å²) in [5.41, 5.74) is 1.06. The van der Waals surface area contributed by atoms with E-state index in [4.69, 9.17) is 4.52 Å². The summed E-state index contributed by atoms with van der Waals surface area (Å²) in [7, 11) is 0. The van der Waals surface area contributed by atoms with E-state index in [0.29, 0.717) is 34.7 Å². The molecule has 0 bridgehead atoms. The fraction of sp³-hybridized carbons (Fsp3) is 0.176. The molecule has 124 valence electrons. The average Bonchev–Trinajstić information content (AvgIpc) is 3.13. The highest BCUT2D eigenvalue weighted by Crippen LogP contribution is 2.14. The average molecular weight is 334 g/mol. The summed E-state index contributed by atoms with van der Waals surface area (Å²) in [4.78, 5) is 29.8. The van der Waals surface area contributed by atoms with Gasteiger partial charge in [-0.15, -0.1) is 0 Å². The maximum atomic E-state index is 12.8. The lowest BCUT2D eigenvalue weighted by atomic mass is 10.2. The molecule has 25 heavy (non-hydrogen) atoms. The topological polar surface area (TPSA) is 99.6 Å². The van der Waals surface area contributed by atoms with Crippen LogP contribution in [0.5, 0.6) is 0 Å². The number of nitrogens with zero attached hydrogens (tertiary/aromatic N) is 6. The molecule has 0 aliphatic rings. The summed E-state index contributed by atoms with van der Waals surface area (Å²) < 4.78 is 6.80. The second-order valence-corrected chi connectivity index (χ2v) is 5.40. The first-order valence-electron chi connectivity index (χ1n) is 7.83. The van der Waals surface area contributed by atoms with Gasteiger partial charge in [0.1, 0.15) is 11.5 Å². The molecule has 0 amide bonds. The lowest BCUT2D eigenvalue weighted by Gasteiger charge is -2.10. The van der Waals surface area contributed by atoms with Gasteiger partial charge < -0.3 is 4.52 Å². The third-order valence-electron chi connectivity index (χ3n) is 3.81. The maximum Gasteiger partial charge on any atom is 0.278 e. The van der Waals surface area contributed by atoms with Gasteiger partial charge in [0, 0.05) is 18.8 Å². The molecular weight excluding hydrogens is 320 g/mol. The summed E-state index contributed by atoms with van der Waals surface area (Å²) in [6.07, 6.45) is 5.27. The van der Waals surface area contributed by atoms with Crippen molar-refractivity contribution < 1.29 is 4.52 Å². The molecule has 0 saturated heterocycles. The first-order valence-corrected chi connectivity index (χ1v) is 7.83. The quantitative estimate of drug-likeness (QED) is 0.561. The Balaban J connectivity index is 1.75. The van der Waals surface area contributed by atoms with Crippen molar-refractivity contribution in [2.45, 2.75) is 19.9 Å². The largest absolute Gasteiger partial charge is 0.332 e. The maximum absolute atomic E-state index is 12.8. The molecule has 8 nitrogen and oxygen atoms in total. The second kappa shape index (κ2) is 6.23. The van der Waals surface area contributed by atoms with E-state index >= 15 is 0 Å². The van der Waals surface area contributed by atoms with Gasteiger partial charge in [0.2, 0.25) is 0 Å². The molecule has 0 saturated carbocycles. The Kier molecular flexibility index (Phi) is 3.77. The summed E-state index contributed by atoms with van der Waals surface area (Å²) in [6.45, 7) is 2.14. The van der Waals surface area contributed by atoms with Crippen LogP contribution in [0.25, 0.3) is 22.5 Å². The number of aromatic nitrogens is 6. The van der Waals surface area contributed by atoms with E-state index < -0.39 is 0 Å². The van der Waals surface area contributed by atoms with Crippen LogP contribution in [0.1, 0.15) is 18.6 Å². The van der Waals surface area contributed by atoms with E-state index in [1.165, 1.54) is 0 Å². The highest BCUT2D eigenvalue weighted by molar-refractivity contribution is 5.77. The molecule has 3 aromatic heterocycles. The van der Waals surface area contributed by atoms with Gasteiger partial charge in [0.15, 0.2) is 5.82 Å². The highest BCUT2D eigenvalue weighted by Gasteiger charge is 2.14. The van der Waals surface area contributed by atoms with Crippen LogP contribution < -0.4 is 5.56 Å². The van der Waals surface area contributed by atoms with E-state index in [1.807, 2.05) is 25.1 Å². The number of fused-ring (bicyclic) bond motifs is 1. The summed E-state index contributed by atoms with van der Waals surface area (Å²) in [5.74, 6) is 1.33. The van der Waals surface area contributed by atoms with Crippen molar-refractivity contribution in [1.29, 1.82) is 0 Å². The Morgan fingerprint density at radius 2 is 2.04 bits per heavy atom. The zero-order valence-corrected chi connectivity index (χ0v) is 13.5. The van der Waals surface area contributed by atoms with Crippen LogP contribution in [0.2, 0.25) is 0 Å². The standard InChI is InChI=1S/C17H14N6O2/c1-2-15-20-12-6-4-3-5-11(12)17(24)23(15)10-14-21-16(25-22-14)13-9-18-7-8-19-13/h3-9H,2,10H2,1H3. The molecule has 0 unspecified atom stereocenters. The SMILES string of the molecule is CCc1nc2ccccc2c(=O)n1Cc1noc(-c2cnccn2)n1. The van der Waals surface area contributed by atoms with Crippen LogP contribution in [-0.4, -0.2) is 29.7 Å². The lowest BCUT2D eigenvalue weighted by Crippen LogP contribution is -2.26. The predicted octanol–water partition coefficient (Wildman–Crippen LogP) is 1.85. The molecule has 3 heterocycles. The van der Waals surface area contributed by atoms with Crippen molar-refractivity contribution in [1.82, 2.24) is 29.7 Å². The van der Waals surface area contributed by atoms with Crippen molar-refractivity contribution in [2.75, 3.05) is 0 Å². The molecule has 0 aliphatic carbocycles. The van der Waals surface area contributed by atoms with Gasteiger partial charge in [0.05, 0.1) is 23.6 Å². The minimum absolute atomic E-state index is 0.117. The molecule has 1 aromatic carbocycles. The first-order chi connectivity index (χ1) is 12.3. The van der Waals surface area contributed by atoms with Gasteiger partial charge in [-0.3, -0.25) is 14.3 Å². The number of para-hydroxylation sites is 1. The van der Waals surface area contributed by atoms with Gasteiger partial charge in [-0.25, -0.2) is 9.97 Å². The number of benzene rings is 1. The summed E-state index contributed by atoms with van der Waals surface area (Å²) in [5, 5.41) is 4.51. The van der Waals surface area contributed by atoms with Crippen molar-refractivity contribution in [2.24, 2.45) is 0 Å². The Bertz CT molecular complexity index is 1090. The predicted molar refractivity (Wildman–Crippen MR) is 89.8 cm³/mol. The number of rotatable bonds is 4. The smallest absolute Gasteiger partial charge is 0.278 e. The summed E-state index contributed by atoms with van der Waals surface area (Å²) >= 11 is 0. The zero-order chi connectivity index (χ0) is 17.2. The molecule has 0 fully saturated rings. The number of aryl methyl sites for hydroxylation is 1. The van der Waals surface area contributed by atoms with Crippen LogP contribution in [-0.2, 0) is 13.0 Å². The molecule has 4 aromatic rings. The van der Waals surface area contributed by atoms with Crippen LogP contribution in [0.15, 0.2) is 52.2 Å². The van der Waals surface area contributed by atoms with Crippen LogP contribution >= 0.6 is 0 Å². The molecule has 8 heteroatoms. The van der Waals surface area contributed by atoms with E-state index in [1.54, 1.807) is 29.2 Å². The van der Waals surface area contributed by atoms with E-state index in [-0.39, 0.29) is 18.0 Å². The molecular formula is C17H14N6O2. The van der Waals surface area contributed by atoms with Gasteiger partial charge in [0.25, 0.3) is 11.4 Å². The first kappa shape index (κ1) is 15.1. The van der Waals surface area contributed by atoms with Gasteiger partial charge in [-0.2, -0.15) is 4.98 Å². The van der Waals surface area contributed by atoms with Crippen molar-refractivity contribution in [3.63, 3.8) is 0 Å². The molecule has 0 N–H and O–H groups in total. The van der Waals surface area contributed by atoms with E-state index in [9.17, 15) is 4.79 Å². The Morgan fingerprint density at radius 3 is 2.84 bits per heavy atom. The molecule has 0 aliphatic heterocycles. The lowest BCUT2D eigenvalue weighted by molar-refractivity contribution is 0.418. The molecule has 0 atom stereocenters. The van der Waals surface area contributed by atoms with E-state index in [0.717, 1.165) is 0 Å². The van der Waals surface area contributed by atoms with Gasteiger partial charge in [-0.1, -0.05) is 24.2 Å². The van der Waals surface area contributed by atoms with Crippen LogP contribution in [0.3, 0.4) is 0 Å². The normalized spacial score (nSPS) is 11.1. The molecule has 0 spiro atoms. The third kappa shape index (κ3) is 2.78. The number of hydrogen-bond acceptors (Lipinski definition) is 7. The fourth-order valence-electron chi connectivity index (χ4n) is 2.62. The minimum atomic E-state index is -0.117. The third-order valence-corrected chi connectivity index (χ3v) is 3.81. The van der Waals surface area contributed by atoms with Gasteiger partial charge >= 0.3 is 0 Å². The Labute approximate surface area is 142 Å². The second-order valence-electron chi connectivity index (χ2n) is 5.40. The van der Waals surface area contributed by atoms with Crippen LogP contribution in [0, 0.1) is 0 Å². The van der Waals surface area contributed by atoms with Crippen molar-refractivity contribution in [3.05, 3.63) is 64.9 Å². The minimum Gasteiger partial charge on any atom is -0.332 e. The number of hydrogen-bond donors (Lipinski definition) is 0.